The van der Waals surface area contributed by atoms with Crippen LogP contribution in [0.2, 0.25) is 0 Å². The van der Waals surface area contributed by atoms with Crippen molar-refractivity contribution in [3.63, 3.8) is 0 Å². The van der Waals surface area contributed by atoms with Crippen LogP contribution in [0.1, 0.15) is 36.3 Å². The quantitative estimate of drug-likeness (QED) is 0.612. The fraction of sp³-hybridized carbons (Fsp3) is 0.400. The van der Waals surface area contributed by atoms with Crippen molar-refractivity contribution in [2.75, 3.05) is 0 Å². The second kappa shape index (κ2) is 6.65. The molecular formula is C15H18N4O5. The van der Waals surface area contributed by atoms with Crippen molar-refractivity contribution in [3.05, 3.63) is 38.2 Å². The number of aromatic amines is 2. The standard InChI is InChI=1S/C15H18N4O5/c1-4-6(2)10(14(22)23)17-12(20)8-5-7(3)9-11(16-8)18-15(24)19-13(9)21/h5-6,10H,4H2,1-3H3,(H,17,20)(H,22,23)(H2,16,18,19,21,24)/t6-,10-/m0/s1. The molecule has 0 aliphatic heterocycles. The summed E-state index contributed by atoms with van der Waals surface area (Å²) in [6, 6.07) is 0.319. The molecule has 0 spiro atoms. The van der Waals surface area contributed by atoms with E-state index >= 15 is 0 Å². The number of nitrogens with one attached hydrogen (secondary N) is 3. The van der Waals surface area contributed by atoms with Crippen molar-refractivity contribution in [2.24, 2.45) is 5.92 Å². The molecule has 2 aromatic rings. The molecule has 128 valence electrons. The van der Waals surface area contributed by atoms with E-state index in [1.54, 1.807) is 13.8 Å². The Hall–Kier alpha value is -2.97. The fourth-order valence-corrected chi connectivity index (χ4v) is 2.37. The van der Waals surface area contributed by atoms with Gasteiger partial charge in [0.05, 0.1) is 5.39 Å². The third-order valence-electron chi connectivity index (χ3n) is 3.90. The molecule has 9 nitrogen and oxygen atoms in total. The molecule has 0 fully saturated rings. The Kier molecular flexibility index (Phi) is 4.82. The minimum absolute atomic E-state index is 0.0238. The molecule has 2 rings (SSSR count). The molecule has 9 heteroatoms. The van der Waals surface area contributed by atoms with Crippen LogP contribution in [-0.4, -0.2) is 38.0 Å². The predicted octanol–water partition coefficient (Wildman–Crippen LogP) is 0.149. The average molecular weight is 334 g/mol. The second-order valence-electron chi connectivity index (χ2n) is 5.63. The zero-order valence-corrected chi connectivity index (χ0v) is 13.5. The molecule has 4 N–H and O–H groups in total. The average Bonchev–Trinajstić information content (AvgIpc) is 2.49. The van der Waals surface area contributed by atoms with E-state index in [9.17, 15) is 24.3 Å². The minimum Gasteiger partial charge on any atom is -0.480 e. The van der Waals surface area contributed by atoms with Crippen LogP contribution >= 0.6 is 0 Å². The van der Waals surface area contributed by atoms with Crippen molar-refractivity contribution in [2.45, 2.75) is 33.2 Å². The molecule has 2 aromatic heterocycles. The first-order chi connectivity index (χ1) is 11.2. The summed E-state index contributed by atoms with van der Waals surface area (Å²) in [5.74, 6) is -2.09. The van der Waals surface area contributed by atoms with Crippen LogP contribution in [-0.2, 0) is 4.79 Å². The number of carboxylic acids is 1. The molecule has 2 heterocycles. The lowest BCUT2D eigenvalue weighted by molar-refractivity contribution is -0.140. The van der Waals surface area contributed by atoms with E-state index in [0.717, 1.165) is 0 Å². The molecule has 24 heavy (non-hydrogen) atoms. The summed E-state index contributed by atoms with van der Waals surface area (Å²) in [6.07, 6.45) is 0.574. The Bertz CT molecular complexity index is 914. The van der Waals surface area contributed by atoms with E-state index in [4.69, 9.17) is 0 Å². The third-order valence-corrected chi connectivity index (χ3v) is 3.90. The zero-order chi connectivity index (χ0) is 18.0. The molecule has 0 bridgehead atoms. The summed E-state index contributed by atoms with van der Waals surface area (Å²) in [7, 11) is 0. The van der Waals surface area contributed by atoms with E-state index in [1.807, 2.05) is 6.92 Å². The predicted molar refractivity (Wildman–Crippen MR) is 86.1 cm³/mol. The molecule has 2 atom stereocenters. The van der Waals surface area contributed by atoms with Gasteiger partial charge in [0.15, 0.2) is 0 Å². The van der Waals surface area contributed by atoms with Gasteiger partial charge in [-0.1, -0.05) is 20.3 Å². The summed E-state index contributed by atoms with van der Waals surface area (Å²) in [6.45, 7) is 5.13. The van der Waals surface area contributed by atoms with E-state index in [1.165, 1.54) is 6.07 Å². The molecule has 0 aromatic carbocycles. The van der Waals surface area contributed by atoms with E-state index in [-0.39, 0.29) is 22.6 Å². The van der Waals surface area contributed by atoms with E-state index in [2.05, 4.69) is 20.3 Å². The number of carboxylic acid groups (broad SMARTS) is 1. The summed E-state index contributed by atoms with van der Waals surface area (Å²) in [5, 5.41) is 11.8. The largest absolute Gasteiger partial charge is 0.480 e. The van der Waals surface area contributed by atoms with E-state index < -0.39 is 29.2 Å². The lowest BCUT2D eigenvalue weighted by Crippen LogP contribution is -2.45. The number of carbonyl (C=O) groups is 2. The fourth-order valence-electron chi connectivity index (χ4n) is 2.37. The molecule has 0 aliphatic carbocycles. The Balaban J connectivity index is 2.45. The van der Waals surface area contributed by atoms with Gasteiger partial charge in [-0.15, -0.1) is 0 Å². The number of aromatic nitrogens is 3. The molecular weight excluding hydrogens is 316 g/mol. The number of rotatable bonds is 5. The summed E-state index contributed by atoms with van der Waals surface area (Å²) < 4.78 is 0. The molecule has 0 aliphatic rings. The summed E-state index contributed by atoms with van der Waals surface area (Å²) in [4.78, 5) is 55.2. The first-order valence-corrected chi connectivity index (χ1v) is 7.42. The Morgan fingerprint density at radius 3 is 2.58 bits per heavy atom. The summed E-state index contributed by atoms with van der Waals surface area (Å²) in [5.41, 5.74) is -0.994. The number of H-pyrrole nitrogens is 2. The van der Waals surface area contributed by atoms with Gasteiger partial charge in [0.1, 0.15) is 17.4 Å². The normalized spacial score (nSPS) is 13.5. The van der Waals surface area contributed by atoms with Gasteiger partial charge < -0.3 is 10.4 Å². The Morgan fingerprint density at radius 2 is 2.00 bits per heavy atom. The number of amides is 1. The number of aryl methyl sites for hydroxylation is 1. The van der Waals surface area contributed by atoms with Gasteiger partial charge >= 0.3 is 11.7 Å². The maximum absolute atomic E-state index is 12.3. The van der Waals surface area contributed by atoms with Gasteiger partial charge in [-0.2, -0.15) is 0 Å². The van der Waals surface area contributed by atoms with Crippen molar-refractivity contribution in [1.29, 1.82) is 0 Å². The van der Waals surface area contributed by atoms with Crippen LogP contribution < -0.4 is 16.6 Å². The SMILES string of the molecule is CC[C@H](C)[C@H](NC(=O)c1cc(C)c2c(=O)[nH]c(=O)[nH]c2n1)C(=O)O. The highest BCUT2D eigenvalue weighted by atomic mass is 16.4. The number of nitrogens with zero attached hydrogens (tertiary/aromatic N) is 1. The van der Waals surface area contributed by atoms with Crippen LogP contribution in [0, 0.1) is 12.8 Å². The topological polar surface area (TPSA) is 145 Å². The van der Waals surface area contributed by atoms with Crippen molar-refractivity contribution in [3.8, 4) is 0 Å². The molecule has 0 saturated heterocycles. The lowest BCUT2D eigenvalue weighted by atomic mass is 9.99. The van der Waals surface area contributed by atoms with Gasteiger partial charge in [0.2, 0.25) is 0 Å². The lowest BCUT2D eigenvalue weighted by Gasteiger charge is -2.20. The molecule has 0 radical (unpaired) electrons. The van der Waals surface area contributed by atoms with Crippen molar-refractivity contribution in [1.82, 2.24) is 20.3 Å². The number of pyridine rings is 1. The van der Waals surface area contributed by atoms with Crippen LogP contribution in [0.5, 0.6) is 0 Å². The number of fused-ring (bicyclic) bond motifs is 1. The molecule has 0 unspecified atom stereocenters. The first kappa shape index (κ1) is 17.4. The van der Waals surface area contributed by atoms with E-state index in [0.29, 0.717) is 12.0 Å². The van der Waals surface area contributed by atoms with Crippen molar-refractivity contribution < 1.29 is 14.7 Å². The smallest absolute Gasteiger partial charge is 0.327 e. The van der Waals surface area contributed by atoms with Crippen molar-refractivity contribution >= 4 is 22.9 Å². The van der Waals surface area contributed by atoms with Gasteiger partial charge in [0.25, 0.3) is 11.5 Å². The molecule has 0 saturated carbocycles. The number of hydrogen-bond acceptors (Lipinski definition) is 5. The van der Waals surface area contributed by atoms with Crippen LogP contribution in [0.15, 0.2) is 15.7 Å². The van der Waals surface area contributed by atoms with Gasteiger partial charge in [-0.05, 0) is 24.5 Å². The highest BCUT2D eigenvalue weighted by molar-refractivity contribution is 5.97. The van der Waals surface area contributed by atoms with Gasteiger partial charge in [-0.3, -0.25) is 19.6 Å². The van der Waals surface area contributed by atoms with Crippen LogP contribution in [0.3, 0.4) is 0 Å². The third kappa shape index (κ3) is 3.34. The second-order valence-corrected chi connectivity index (χ2v) is 5.63. The number of hydrogen-bond donors (Lipinski definition) is 4. The zero-order valence-electron chi connectivity index (χ0n) is 13.5. The summed E-state index contributed by atoms with van der Waals surface area (Å²) >= 11 is 0. The monoisotopic (exact) mass is 334 g/mol. The molecule has 1 amide bonds. The maximum atomic E-state index is 12.3. The Labute approximate surface area is 136 Å². The van der Waals surface area contributed by atoms with Crippen LogP contribution in [0.4, 0.5) is 0 Å². The van der Waals surface area contributed by atoms with Crippen LogP contribution in [0.25, 0.3) is 11.0 Å². The van der Waals surface area contributed by atoms with Gasteiger partial charge in [0, 0.05) is 0 Å². The maximum Gasteiger partial charge on any atom is 0.327 e. The minimum atomic E-state index is -1.14. The Morgan fingerprint density at radius 1 is 1.33 bits per heavy atom. The highest BCUT2D eigenvalue weighted by Gasteiger charge is 2.26. The van der Waals surface area contributed by atoms with Gasteiger partial charge in [-0.25, -0.2) is 14.6 Å². The number of carbonyl (C=O) groups excluding carboxylic acids is 1. The highest BCUT2D eigenvalue weighted by Crippen LogP contribution is 2.13. The number of aliphatic carboxylic acids is 1. The first-order valence-electron chi connectivity index (χ1n) is 7.42.